The van der Waals surface area contributed by atoms with Gasteiger partial charge in [0.1, 0.15) is 17.1 Å². The van der Waals surface area contributed by atoms with Crippen LogP contribution in [0.2, 0.25) is 0 Å². The van der Waals surface area contributed by atoms with E-state index in [9.17, 15) is 9.59 Å². The monoisotopic (exact) mass is 383 g/mol. The average molecular weight is 383 g/mol. The number of nitrogen functional groups attached to an aromatic ring is 1. The molecule has 3 heterocycles. The van der Waals surface area contributed by atoms with Gasteiger partial charge in [-0.1, -0.05) is 19.9 Å². The molecule has 0 aromatic carbocycles. The molecule has 2 N–H and O–H groups in total. The minimum atomic E-state index is -0.519. The zero-order chi connectivity index (χ0) is 20.3. The van der Waals surface area contributed by atoms with Crippen molar-refractivity contribution in [2.75, 3.05) is 18.8 Å². The Bertz CT molecular complexity index is 887. The first-order valence-electron chi connectivity index (χ1n) is 9.96. The Morgan fingerprint density at radius 1 is 1.39 bits per heavy atom. The third-order valence-corrected chi connectivity index (χ3v) is 5.33. The van der Waals surface area contributed by atoms with Crippen LogP contribution in [0.5, 0.6) is 0 Å². The van der Waals surface area contributed by atoms with Gasteiger partial charge in [0, 0.05) is 25.7 Å². The van der Waals surface area contributed by atoms with Crippen molar-refractivity contribution in [2.45, 2.75) is 46.5 Å². The van der Waals surface area contributed by atoms with Crippen molar-refractivity contribution >= 4 is 11.7 Å². The Balaban J connectivity index is 1.67. The van der Waals surface area contributed by atoms with Crippen LogP contribution in [0.1, 0.15) is 53.9 Å². The van der Waals surface area contributed by atoms with Gasteiger partial charge in [-0.05, 0) is 61.3 Å². The summed E-state index contributed by atoms with van der Waals surface area (Å²) >= 11 is 0. The normalized spacial score (nSPS) is 16.7. The van der Waals surface area contributed by atoms with Crippen molar-refractivity contribution in [3.05, 3.63) is 57.3 Å². The van der Waals surface area contributed by atoms with E-state index in [4.69, 9.17) is 10.2 Å². The molecule has 150 valence electrons. The lowest BCUT2D eigenvalue weighted by molar-refractivity contribution is 0.0781. The second-order valence-electron chi connectivity index (χ2n) is 8.19. The summed E-state index contributed by atoms with van der Waals surface area (Å²) in [7, 11) is 0. The third-order valence-electron chi connectivity index (χ3n) is 5.33. The summed E-state index contributed by atoms with van der Waals surface area (Å²) in [5.74, 6) is 1.82. The quantitative estimate of drug-likeness (QED) is 0.827. The van der Waals surface area contributed by atoms with E-state index in [-0.39, 0.29) is 11.5 Å². The first-order valence-corrected chi connectivity index (χ1v) is 9.96. The second kappa shape index (κ2) is 8.59. The molecule has 1 unspecified atom stereocenters. The smallest absolute Gasteiger partial charge is 0.349 e. The predicted molar refractivity (Wildman–Crippen MR) is 109 cm³/mol. The van der Waals surface area contributed by atoms with E-state index in [1.54, 1.807) is 17.2 Å². The lowest BCUT2D eigenvalue weighted by Gasteiger charge is -2.17. The van der Waals surface area contributed by atoms with Gasteiger partial charge >= 0.3 is 5.63 Å². The molecule has 0 aliphatic carbocycles. The highest BCUT2D eigenvalue weighted by Crippen LogP contribution is 2.23. The molecule has 6 heteroatoms. The Hall–Kier alpha value is -2.63. The zero-order valence-electron chi connectivity index (χ0n) is 16.9. The number of carbonyl (C=O) groups excluding carboxylic acids is 1. The van der Waals surface area contributed by atoms with E-state index >= 15 is 0 Å². The van der Waals surface area contributed by atoms with Crippen molar-refractivity contribution < 1.29 is 9.21 Å². The molecule has 2 aromatic rings. The maximum absolute atomic E-state index is 12.9. The number of likely N-dealkylation sites (tertiary alicyclic amines) is 1. The van der Waals surface area contributed by atoms with Crippen molar-refractivity contribution in [2.24, 2.45) is 11.8 Å². The maximum atomic E-state index is 12.9. The fraction of sp³-hybridized carbons (Fsp3) is 0.500. The second-order valence-corrected chi connectivity index (χ2v) is 8.19. The molecule has 1 atom stereocenters. The SMILES string of the molecule is Cc1cc(CCC(C)C)oc(=O)c1C(=O)N1CCC(Cc2ccc(N)nc2)C1. The van der Waals surface area contributed by atoms with Gasteiger partial charge in [0.2, 0.25) is 0 Å². The number of anilines is 1. The maximum Gasteiger partial charge on any atom is 0.349 e. The summed E-state index contributed by atoms with van der Waals surface area (Å²) in [5, 5.41) is 0. The van der Waals surface area contributed by atoms with Gasteiger partial charge in [-0.25, -0.2) is 9.78 Å². The first-order chi connectivity index (χ1) is 13.3. The van der Waals surface area contributed by atoms with E-state index in [0.717, 1.165) is 24.8 Å². The van der Waals surface area contributed by atoms with Gasteiger partial charge in [-0.15, -0.1) is 0 Å². The summed E-state index contributed by atoms with van der Waals surface area (Å²) in [6.45, 7) is 7.37. The van der Waals surface area contributed by atoms with Crippen LogP contribution in [0.3, 0.4) is 0 Å². The molecule has 1 aliphatic heterocycles. The van der Waals surface area contributed by atoms with Crippen LogP contribution >= 0.6 is 0 Å². The van der Waals surface area contributed by atoms with Crippen LogP contribution in [-0.4, -0.2) is 28.9 Å². The number of rotatable bonds is 6. The highest BCUT2D eigenvalue weighted by Gasteiger charge is 2.30. The number of nitrogens with two attached hydrogens (primary N) is 1. The first kappa shape index (κ1) is 20.1. The fourth-order valence-corrected chi connectivity index (χ4v) is 3.72. The summed E-state index contributed by atoms with van der Waals surface area (Å²) in [4.78, 5) is 31.3. The predicted octanol–water partition coefficient (Wildman–Crippen LogP) is 3.22. The lowest BCUT2D eigenvalue weighted by Crippen LogP contribution is -2.33. The number of aryl methyl sites for hydroxylation is 2. The number of hydrogen-bond acceptors (Lipinski definition) is 5. The molecular weight excluding hydrogens is 354 g/mol. The van der Waals surface area contributed by atoms with E-state index in [1.807, 2.05) is 19.1 Å². The Labute approximate surface area is 165 Å². The lowest BCUT2D eigenvalue weighted by atomic mass is 10.00. The zero-order valence-corrected chi connectivity index (χ0v) is 16.9. The van der Waals surface area contributed by atoms with Crippen LogP contribution in [0.4, 0.5) is 5.82 Å². The molecule has 2 aromatic heterocycles. The molecule has 0 radical (unpaired) electrons. The van der Waals surface area contributed by atoms with E-state index in [1.165, 1.54) is 0 Å². The number of amides is 1. The number of pyridine rings is 1. The number of nitrogens with zero attached hydrogens (tertiary/aromatic N) is 2. The minimum absolute atomic E-state index is 0.170. The molecule has 1 aliphatic rings. The van der Waals surface area contributed by atoms with Gasteiger partial charge in [0.05, 0.1) is 0 Å². The molecule has 3 rings (SSSR count). The summed E-state index contributed by atoms with van der Waals surface area (Å²) in [6, 6.07) is 5.61. The topological polar surface area (TPSA) is 89.4 Å². The van der Waals surface area contributed by atoms with E-state index in [2.05, 4.69) is 18.8 Å². The Morgan fingerprint density at radius 3 is 2.82 bits per heavy atom. The van der Waals surface area contributed by atoms with E-state index < -0.39 is 5.63 Å². The Morgan fingerprint density at radius 2 is 2.18 bits per heavy atom. The molecule has 0 bridgehead atoms. The molecule has 1 amide bonds. The number of aromatic nitrogens is 1. The van der Waals surface area contributed by atoms with Gasteiger partial charge in [-0.3, -0.25) is 4.79 Å². The van der Waals surface area contributed by atoms with E-state index in [0.29, 0.717) is 48.5 Å². The minimum Gasteiger partial charge on any atom is -0.427 e. The third kappa shape index (κ3) is 4.80. The van der Waals surface area contributed by atoms with Crippen LogP contribution in [0.15, 0.2) is 33.6 Å². The van der Waals surface area contributed by atoms with Crippen LogP contribution in [0.25, 0.3) is 0 Å². The Kier molecular flexibility index (Phi) is 6.17. The van der Waals surface area contributed by atoms with Crippen LogP contribution < -0.4 is 11.4 Å². The van der Waals surface area contributed by atoms with Gasteiger partial charge in [0.25, 0.3) is 5.91 Å². The summed E-state index contributed by atoms with van der Waals surface area (Å²) in [5.41, 5.74) is 7.09. The van der Waals surface area contributed by atoms with Crippen molar-refractivity contribution in [1.29, 1.82) is 0 Å². The average Bonchev–Trinajstić information content (AvgIpc) is 3.10. The molecule has 0 spiro atoms. The van der Waals surface area contributed by atoms with Crippen molar-refractivity contribution in [3.8, 4) is 0 Å². The molecule has 1 fully saturated rings. The fourth-order valence-electron chi connectivity index (χ4n) is 3.72. The molecule has 0 saturated carbocycles. The van der Waals surface area contributed by atoms with Gasteiger partial charge in [0.15, 0.2) is 0 Å². The summed E-state index contributed by atoms with van der Waals surface area (Å²) in [6.07, 6.45) is 5.20. The largest absolute Gasteiger partial charge is 0.427 e. The standard InChI is InChI=1S/C22H29N3O3/c1-14(2)4-6-18-10-15(3)20(22(27)28-18)21(26)25-9-8-17(13-25)11-16-5-7-19(23)24-12-16/h5,7,10,12,14,17H,4,6,8-9,11,13H2,1-3H3,(H2,23,24). The van der Waals surface area contributed by atoms with Crippen molar-refractivity contribution in [3.63, 3.8) is 0 Å². The van der Waals surface area contributed by atoms with Crippen molar-refractivity contribution in [1.82, 2.24) is 9.88 Å². The van der Waals surface area contributed by atoms with Gasteiger partial charge in [-0.2, -0.15) is 0 Å². The molecule has 1 saturated heterocycles. The van der Waals surface area contributed by atoms with Crippen LogP contribution in [-0.2, 0) is 12.8 Å². The highest BCUT2D eigenvalue weighted by molar-refractivity contribution is 5.95. The number of hydrogen-bond donors (Lipinski definition) is 1. The van der Waals surface area contributed by atoms with Crippen LogP contribution in [0, 0.1) is 18.8 Å². The highest BCUT2D eigenvalue weighted by atomic mass is 16.4. The van der Waals surface area contributed by atoms with Gasteiger partial charge < -0.3 is 15.1 Å². The molecular formula is C22H29N3O3. The molecule has 6 nitrogen and oxygen atoms in total. The molecule has 28 heavy (non-hydrogen) atoms. The summed E-state index contributed by atoms with van der Waals surface area (Å²) < 4.78 is 5.43. The number of carbonyl (C=O) groups is 1.